The molecule has 3 unspecified atom stereocenters. The first kappa shape index (κ1) is 16.3. The standard InChI is InChI=1S/C22H29N/c1-18-14-21(15-20-10-6-3-7-11-20)16-22(18)17-23-13-12-19-8-4-2-5-9-19/h2-11,18,21-23H,12-17H2,1H3. The summed E-state index contributed by atoms with van der Waals surface area (Å²) in [6, 6.07) is 21.8. The first-order chi connectivity index (χ1) is 11.3. The number of hydrogen-bond acceptors (Lipinski definition) is 1. The summed E-state index contributed by atoms with van der Waals surface area (Å²) in [5.41, 5.74) is 2.93. The highest BCUT2D eigenvalue weighted by molar-refractivity contribution is 5.16. The Morgan fingerprint density at radius 2 is 1.52 bits per heavy atom. The molecule has 1 nitrogen and oxygen atoms in total. The zero-order valence-corrected chi connectivity index (χ0v) is 14.2. The number of hydrogen-bond donors (Lipinski definition) is 1. The van der Waals surface area contributed by atoms with Crippen molar-refractivity contribution in [1.82, 2.24) is 5.32 Å². The molecule has 0 radical (unpaired) electrons. The van der Waals surface area contributed by atoms with Crippen molar-refractivity contribution in [2.24, 2.45) is 17.8 Å². The molecule has 0 bridgehead atoms. The normalized spacial score (nSPS) is 24.0. The van der Waals surface area contributed by atoms with Crippen LogP contribution in [0, 0.1) is 17.8 Å². The molecular weight excluding hydrogens is 278 g/mol. The van der Waals surface area contributed by atoms with Gasteiger partial charge in [0.1, 0.15) is 0 Å². The fourth-order valence-electron chi connectivity index (χ4n) is 4.04. The van der Waals surface area contributed by atoms with E-state index in [4.69, 9.17) is 0 Å². The highest BCUT2D eigenvalue weighted by atomic mass is 14.9. The maximum absolute atomic E-state index is 3.69. The van der Waals surface area contributed by atoms with Crippen LogP contribution in [0.4, 0.5) is 0 Å². The predicted octanol–water partition coefficient (Wildman–Crippen LogP) is 4.72. The van der Waals surface area contributed by atoms with Crippen molar-refractivity contribution in [1.29, 1.82) is 0 Å². The molecule has 0 aromatic heterocycles. The second-order valence-electron chi connectivity index (χ2n) is 7.20. The molecule has 2 aromatic carbocycles. The molecule has 1 saturated carbocycles. The summed E-state index contributed by atoms with van der Waals surface area (Å²) in [6.45, 7) is 4.71. The Hall–Kier alpha value is -1.60. The molecule has 1 N–H and O–H groups in total. The smallest absolute Gasteiger partial charge is 0.000823 e. The van der Waals surface area contributed by atoms with Gasteiger partial charge in [-0.25, -0.2) is 0 Å². The fourth-order valence-corrected chi connectivity index (χ4v) is 4.04. The molecule has 0 saturated heterocycles. The Bertz CT molecular complexity index is 563. The van der Waals surface area contributed by atoms with Crippen LogP contribution in [0.1, 0.15) is 30.9 Å². The summed E-state index contributed by atoms with van der Waals surface area (Å²) < 4.78 is 0. The van der Waals surface area contributed by atoms with Crippen molar-refractivity contribution in [2.45, 2.75) is 32.6 Å². The highest BCUT2D eigenvalue weighted by Gasteiger charge is 2.30. The van der Waals surface area contributed by atoms with Gasteiger partial charge in [0.15, 0.2) is 0 Å². The highest BCUT2D eigenvalue weighted by Crippen LogP contribution is 2.37. The lowest BCUT2D eigenvalue weighted by Crippen LogP contribution is -2.26. The van der Waals surface area contributed by atoms with Gasteiger partial charge in [0.2, 0.25) is 0 Å². The fraction of sp³-hybridized carbons (Fsp3) is 0.455. The maximum atomic E-state index is 3.69. The Labute approximate surface area is 141 Å². The maximum Gasteiger partial charge on any atom is -0.000823 e. The van der Waals surface area contributed by atoms with Gasteiger partial charge in [0, 0.05) is 0 Å². The average molecular weight is 307 g/mol. The van der Waals surface area contributed by atoms with Crippen molar-refractivity contribution >= 4 is 0 Å². The molecule has 0 heterocycles. The summed E-state index contributed by atoms with van der Waals surface area (Å²) in [5.74, 6) is 2.57. The van der Waals surface area contributed by atoms with Gasteiger partial charge >= 0.3 is 0 Å². The van der Waals surface area contributed by atoms with Gasteiger partial charge in [-0.05, 0) is 67.7 Å². The first-order valence-electron chi connectivity index (χ1n) is 9.10. The second kappa shape index (κ2) is 8.31. The second-order valence-corrected chi connectivity index (χ2v) is 7.20. The zero-order chi connectivity index (χ0) is 15.9. The minimum atomic E-state index is 0.847. The Morgan fingerprint density at radius 1 is 0.870 bits per heavy atom. The van der Waals surface area contributed by atoms with Crippen LogP contribution in [0.15, 0.2) is 60.7 Å². The SMILES string of the molecule is CC1CC(Cc2ccccc2)CC1CNCCc1ccccc1. The summed E-state index contributed by atoms with van der Waals surface area (Å²) >= 11 is 0. The molecule has 0 spiro atoms. The van der Waals surface area contributed by atoms with E-state index in [2.05, 4.69) is 72.9 Å². The molecular formula is C22H29N. The van der Waals surface area contributed by atoms with Crippen LogP contribution >= 0.6 is 0 Å². The van der Waals surface area contributed by atoms with Gasteiger partial charge < -0.3 is 5.32 Å². The lowest BCUT2D eigenvalue weighted by molar-refractivity contribution is 0.393. The van der Waals surface area contributed by atoms with Crippen LogP contribution in [0.2, 0.25) is 0 Å². The molecule has 1 aliphatic carbocycles. The topological polar surface area (TPSA) is 12.0 Å². The van der Waals surface area contributed by atoms with Crippen LogP contribution in [-0.4, -0.2) is 13.1 Å². The summed E-state index contributed by atoms with van der Waals surface area (Å²) in [6.07, 6.45) is 5.16. The Kier molecular flexibility index (Phi) is 5.87. The van der Waals surface area contributed by atoms with Gasteiger partial charge in [0.05, 0.1) is 0 Å². The van der Waals surface area contributed by atoms with Crippen molar-refractivity contribution in [3.63, 3.8) is 0 Å². The van der Waals surface area contributed by atoms with Gasteiger partial charge in [-0.15, -0.1) is 0 Å². The third-order valence-electron chi connectivity index (χ3n) is 5.35. The quantitative estimate of drug-likeness (QED) is 0.730. The molecule has 3 atom stereocenters. The van der Waals surface area contributed by atoms with E-state index >= 15 is 0 Å². The monoisotopic (exact) mass is 307 g/mol. The lowest BCUT2D eigenvalue weighted by Gasteiger charge is -2.16. The van der Waals surface area contributed by atoms with Crippen molar-refractivity contribution in [2.75, 3.05) is 13.1 Å². The number of rotatable bonds is 7. The van der Waals surface area contributed by atoms with Crippen LogP contribution < -0.4 is 5.32 Å². The minimum Gasteiger partial charge on any atom is -0.316 e. The van der Waals surface area contributed by atoms with E-state index in [9.17, 15) is 0 Å². The van der Waals surface area contributed by atoms with Crippen LogP contribution in [0.5, 0.6) is 0 Å². The molecule has 0 amide bonds. The van der Waals surface area contributed by atoms with E-state index in [1.807, 2.05) is 0 Å². The van der Waals surface area contributed by atoms with Crippen molar-refractivity contribution in [3.05, 3.63) is 71.8 Å². The number of benzene rings is 2. The van der Waals surface area contributed by atoms with E-state index in [1.54, 1.807) is 0 Å². The van der Waals surface area contributed by atoms with Gasteiger partial charge in [-0.2, -0.15) is 0 Å². The van der Waals surface area contributed by atoms with E-state index in [1.165, 1.54) is 36.9 Å². The third kappa shape index (κ3) is 4.94. The predicted molar refractivity (Wildman–Crippen MR) is 98.5 cm³/mol. The molecule has 122 valence electrons. The third-order valence-corrected chi connectivity index (χ3v) is 5.35. The van der Waals surface area contributed by atoms with E-state index in [0.717, 1.165) is 30.7 Å². The largest absolute Gasteiger partial charge is 0.316 e. The molecule has 1 fully saturated rings. The van der Waals surface area contributed by atoms with Gasteiger partial charge in [-0.1, -0.05) is 67.6 Å². The summed E-state index contributed by atoms with van der Waals surface area (Å²) in [7, 11) is 0. The summed E-state index contributed by atoms with van der Waals surface area (Å²) in [4.78, 5) is 0. The van der Waals surface area contributed by atoms with Gasteiger partial charge in [-0.3, -0.25) is 0 Å². The van der Waals surface area contributed by atoms with E-state index < -0.39 is 0 Å². The summed E-state index contributed by atoms with van der Waals surface area (Å²) in [5, 5.41) is 3.69. The molecule has 1 aliphatic rings. The lowest BCUT2D eigenvalue weighted by atomic mass is 9.97. The Morgan fingerprint density at radius 3 is 2.22 bits per heavy atom. The van der Waals surface area contributed by atoms with Crippen LogP contribution in [0.25, 0.3) is 0 Å². The zero-order valence-electron chi connectivity index (χ0n) is 14.2. The van der Waals surface area contributed by atoms with E-state index in [0.29, 0.717) is 0 Å². The van der Waals surface area contributed by atoms with Crippen molar-refractivity contribution < 1.29 is 0 Å². The molecule has 0 aliphatic heterocycles. The molecule has 3 rings (SSSR count). The minimum absolute atomic E-state index is 0.847. The number of nitrogens with one attached hydrogen (secondary N) is 1. The molecule has 23 heavy (non-hydrogen) atoms. The van der Waals surface area contributed by atoms with Gasteiger partial charge in [0.25, 0.3) is 0 Å². The Balaban J connectivity index is 1.39. The van der Waals surface area contributed by atoms with Crippen LogP contribution in [-0.2, 0) is 12.8 Å². The van der Waals surface area contributed by atoms with Crippen LogP contribution in [0.3, 0.4) is 0 Å². The molecule has 1 heteroatoms. The van der Waals surface area contributed by atoms with E-state index in [-0.39, 0.29) is 0 Å². The molecule has 2 aromatic rings. The van der Waals surface area contributed by atoms with Crippen molar-refractivity contribution in [3.8, 4) is 0 Å². The average Bonchev–Trinajstić information content (AvgIpc) is 2.93. The first-order valence-corrected chi connectivity index (χ1v) is 9.10.